The topological polar surface area (TPSA) is 92.8 Å². The van der Waals surface area contributed by atoms with Gasteiger partial charge in [-0.15, -0.1) is 0 Å². The predicted octanol–water partition coefficient (Wildman–Crippen LogP) is 3.16. The van der Waals surface area contributed by atoms with Crippen LogP contribution in [0.15, 0.2) is 23.1 Å². The number of esters is 1. The van der Waals surface area contributed by atoms with Gasteiger partial charge < -0.3 is 10.1 Å². The molecule has 1 heterocycles. The van der Waals surface area contributed by atoms with E-state index in [0.717, 1.165) is 44.9 Å². The molecule has 0 bridgehead atoms. The van der Waals surface area contributed by atoms with E-state index in [0.29, 0.717) is 18.7 Å². The van der Waals surface area contributed by atoms with Gasteiger partial charge in [-0.2, -0.15) is 4.31 Å². The van der Waals surface area contributed by atoms with Crippen molar-refractivity contribution in [3.05, 3.63) is 29.3 Å². The highest BCUT2D eigenvalue weighted by molar-refractivity contribution is 7.89. The third kappa shape index (κ3) is 5.40. The number of hydrogen-bond donors (Lipinski definition) is 1. The van der Waals surface area contributed by atoms with Crippen LogP contribution in [-0.4, -0.2) is 49.8 Å². The second kappa shape index (κ2) is 9.92. The molecule has 1 unspecified atom stereocenters. The molecule has 2 fully saturated rings. The van der Waals surface area contributed by atoms with Crippen LogP contribution in [-0.2, 0) is 19.6 Å². The molecule has 7 nitrogen and oxygen atoms in total. The Bertz CT molecular complexity index is 872. The van der Waals surface area contributed by atoms with Crippen molar-refractivity contribution in [1.29, 1.82) is 0 Å². The van der Waals surface area contributed by atoms with Gasteiger partial charge in [-0.3, -0.25) is 4.79 Å². The van der Waals surface area contributed by atoms with E-state index in [-0.39, 0.29) is 22.4 Å². The molecule has 30 heavy (non-hydrogen) atoms. The largest absolute Gasteiger partial charge is 0.449 e. The number of nitrogens with one attached hydrogen (secondary N) is 1. The maximum Gasteiger partial charge on any atom is 0.339 e. The fourth-order valence-corrected chi connectivity index (χ4v) is 5.62. The molecule has 1 aromatic rings. The van der Waals surface area contributed by atoms with E-state index in [2.05, 4.69) is 5.32 Å². The van der Waals surface area contributed by atoms with Crippen molar-refractivity contribution in [3.63, 3.8) is 0 Å². The summed E-state index contributed by atoms with van der Waals surface area (Å²) in [6.45, 7) is 4.25. The van der Waals surface area contributed by atoms with Crippen molar-refractivity contribution < 1.29 is 22.7 Å². The number of hydrogen-bond acceptors (Lipinski definition) is 5. The van der Waals surface area contributed by atoms with Gasteiger partial charge in [-0.05, 0) is 57.2 Å². The lowest BCUT2D eigenvalue weighted by molar-refractivity contribution is -0.130. The fraction of sp³-hybridized carbons (Fsp3) is 0.636. The van der Waals surface area contributed by atoms with Crippen molar-refractivity contribution in [2.75, 3.05) is 13.1 Å². The maximum absolute atomic E-state index is 12.9. The lowest BCUT2D eigenvalue weighted by Crippen LogP contribution is -2.42. The molecule has 1 amide bonds. The first-order valence-corrected chi connectivity index (χ1v) is 12.3. The van der Waals surface area contributed by atoms with Crippen molar-refractivity contribution in [2.24, 2.45) is 0 Å². The van der Waals surface area contributed by atoms with Gasteiger partial charge in [-0.1, -0.05) is 31.7 Å². The summed E-state index contributed by atoms with van der Waals surface area (Å²) in [4.78, 5) is 25.2. The van der Waals surface area contributed by atoms with E-state index in [1.54, 1.807) is 19.9 Å². The van der Waals surface area contributed by atoms with Crippen LogP contribution in [0.25, 0.3) is 0 Å². The minimum absolute atomic E-state index is 0.0845. The highest BCUT2D eigenvalue weighted by atomic mass is 32.2. The summed E-state index contributed by atoms with van der Waals surface area (Å²) in [6, 6.07) is 4.63. The average molecular weight is 437 g/mol. The molecule has 0 radical (unpaired) electrons. The van der Waals surface area contributed by atoms with Gasteiger partial charge in [0.15, 0.2) is 6.10 Å². The minimum atomic E-state index is -3.65. The van der Waals surface area contributed by atoms with Gasteiger partial charge in [0.1, 0.15) is 0 Å². The van der Waals surface area contributed by atoms with Crippen LogP contribution in [0.3, 0.4) is 0 Å². The minimum Gasteiger partial charge on any atom is -0.449 e. The Labute approximate surface area is 179 Å². The standard InChI is InChI=1S/C22H32N2O5S/c1-16-11-12-19(30(27,28)24-13-7-4-8-14-24)15-20(16)22(26)29-17(2)21(25)23-18-9-5-3-6-10-18/h11-12,15,17-18H,3-10,13-14H2,1-2H3,(H,23,25). The molecule has 1 aromatic carbocycles. The lowest BCUT2D eigenvalue weighted by Gasteiger charge is -2.26. The van der Waals surface area contributed by atoms with E-state index in [9.17, 15) is 18.0 Å². The second-order valence-corrected chi connectivity index (χ2v) is 10.3. The quantitative estimate of drug-likeness (QED) is 0.692. The first-order chi connectivity index (χ1) is 14.3. The van der Waals surface area contributed by atoms with Crippen LogP contribution in [0.1, 0.15) is 74.2 Å². The van der Waals surface area contributed by atoms with Crippen molar-refractivity contribution in [1.82, 2.24) is 9.62 Å². The highest BCUT2D eigenvalue weighted by Crippen LogP contribution is 2.23. The summed E-state index contributed by atoms with van der Waals surface area (Å²) in [5.41, 5.74) is 0.780. The summed E-state index contributed by atoms with van der Waals surface area (Å²) >= 11 is 0. The van der Waals surface area contributed by atoms with Crippen molar-refractivity contribution >= 4 is 21.9 Å². The second-order valence-electron chi connectivity index (χ2n) is 8.33. The van der Waals surface area contributed by atoms with Gasteiger partial charge in [0.25, 0.3) is 5.91 Å². The summed E-state index contributed by atoms with van der Waals surface area (Å²) in [7, 11) is -3.65. The van der Waals surface area contributed by atoms with Crippen LogP contribution in [0.5, 0.6) is 0 Å². The zero-order valence-corrected chi connectivity index (χ0v) is 18.7. The molecule has 166 valence electrons. The smallest absolute Gasteiger partial charge is 0.339 e. The van der Waals surface area contributed by atoms with Crippen LogP contribution in [0.4, 0.5) is 0 Å². The van der Waals surface area contributed by atoms with Crippen molar-refractivity contribution in [2.45, 2.75) is 82.3 Å². The molecule has 2 aliphatic rings. The van der Waals surface area contributed by atoms with E-state index in [1.165, 1.54) is 22.9 Å². The normalized spacial score (nSPS) is 19.8. The molecule has 8 heteroatoms. The SMILES string of the molecule is Cc1ccc(S(=O)(=O)N2CCCCC2)cc1C(=O)OC(C)C(=O)NC1CCCCC1. The number of sulfonamides is 1. The van der Waals surface area contributed by atoms with Crippen molar-refractivity contribution in [3.8, 4) is 0 Å². The molecule has 1 aliphatic carbocycles. The van der Waals surface area contributed by atoms with Gasteiger partial charge in [0.05, 0.1) is 10.5 Å². The number of carbonyl (C=O) groups excluding carboxylic acids is 2. The maximum atomic E-state index is 12.9. The number of nitrogens with zero attached hydrogens (tertiary/aromatic N) is 1. The Morgan fingerprint density at radius 1 is 1.07 bits per heavy atom. The molecule has 1 N–H and O–H groups in total. The van der Waals surface area contributed by atoms with E-state index < -0.39 is 22.1 Å². The number of carbonyl (C=O) groups is 2. The van der Waals surface area contributed by atoms with E-state index >= 15 is 0 Å². The van der Waals surface area contributed by atoms with Crippen LogP contribution >= 0.6 is 0 Å². The number of rotatable bonds is 6. The highest BCUT2D eigenvalue weighted by Gasteiger charge is 2.28. The average Bonchev–Trinajstić information content (AvgIpc) is 2.75. The number of ether oxygens (including phenoxy) is 1. The number of piperidine rings is 1. The zero-order chi connectivity index (χ0) is 21.7. The van der Waals surface area contributed by atoms with Gasteiger partial charge >= 0.3 is 5.97 Å². The number of benzene rings is 1. The summed E-state index contributed by atoms with van der Waals surface area (Å²) in [5, 5.41) is 2.95. The number of amides is 1. The van der Waals surface area contributed by atoms with Crippen LogP contribution in [0, 0.1) is 6.92 Å². The molecule has 0 aromatic heterocycles. The number of aryl methyl sites for hydroxylation is 1. The van der Waals surface area contributed by atoms with Gasteiger partial charge in [0.2, 0.25) is 10.0 Å². The molecular formula is C22H32N2O5S. The molecule has 1 saturated carbocycles. The summed E-state index contributed by atoms with van der Waals surface area (Å²) < 4.78 is 32.7. The first kappa shape index (κ1) is 22.7. The Morgan fingerprint density at radius 2 is 1.70 bits per heavy atom. The Balaban J connectivity index is 1.69. The summed E-state index contributed by atoms with van der Waals surface area (Å²) in [5.74, 6) is -1.00. The monoisotopic (exact) mass is 436 g/mol. The Hall–Kier alpha value is -1.93. The molecule has 1 aliphatic heterocycles. The van der Waals surface area contributed by atoms with E-state index in [1.807, 2.05) is 0 Å². The van der Waals surface area contributed by atoms with E-state index in [4.69, 9.17) is 4.74 Å². The molecule has 1 saturated heterocycles. The van der Waals surface area contributed by atoms with Gasteiger partial charge in [-0.25, -0.2) is 13.2 Å². The molecule has 0 spiro atoms. The Morgan fingerprint density at radius 3 is 2.37 bits per heavy atom. The first-order valence-electron chi connectivity index (χ1n) is 10.9. The van der Waals surface area contributed by atoms with Gasteiger partial charge in [0, 0.05) is 19.1 Å². The summed E-state index contributed by atoms with van der Waals surface area (Å²) in [6.07, 6.45) is 7.03. The fourth-order valence-electron chi connectivity index (χ4n) is 4.08. The third-order valence-corrected chi connectivity index (χ3v) is 7.88. The molecular weight excluding hydrogens is 404 g/mol. The van der Waals surface area contributed by atoms with Crippen LogP contribution < -0.4 is 5.32 Å². The lowest BCUT2D eigenvalue weighted by atomic mass is 9.95. The predicted molar refractivity (Wildman–Crippen MR) is 114 cm³/mol. The van der Waals surface area contributed by atoms with Crippen LogP contribution in [0.2, 0.25) is 0 Å². The zero-order valence-electron chi connectivity index (χ0n) is 17.9. The third-order valence-electron chi connectivity index (χ3n) is 5.99. The molecule has 3 rings (SSSR count). The Kier molecular flexibility index (Phi) is 7.52. The molecule has 1 atom stereocenters.